The van der Waals surface area contributed by atoms with Crippen molar-refractivity contribution in [2.24, 2.45) is 5.41 Å². The monoisotopic (exact) mass is 298 g/mol. The van der Waals surface area contributed by atoms with E-state index in [-0.39, 0.29) is 11.2 Å². The fourth-order valence-corrected chi connectivity index (χ4v) is 2.30. The number of rotatable bonds is 4. The molecule has 3 unspecified atom stereocenters. The first-order valence-electron chi connectivity index (χ1n) is 6.78. The third-order valence-corrected chi connectivity index (χ3v) is 4.15. The second-order valence-electron chi connectivity index (χ2n) is 6.13. The predicted octanol–water partition coefficient (Wildman–Crippen LogP) is 0.544. The summed E-state index contributed by atoms with van der Waals surface area (Å²) in [7, 11) is 0. The smallest absolute Gasteiger partial charge is 0.338 e. The maximum atomic E-state index is 12.1. The van der Waals surface area contributed by atoms with Gasteiger partial charge in [-0.25, -0.2) is 4.79 Å². The highest BCUT2D eigenvalue weighted by molar-refractivity contribution is 6.01. The number of esters is 1. The van der Waals surface area contributed by atoms with Gasteiger partial charge in [-0.05, 0) is 31.8 Å². The number of carbonyl (C=O) groups excluding carboxylic acids is 3. The topological polar surface area (TPSA) is 101 Å². The van der Waals surface area contributed by atoms with Gasteiger partial charge in [-0.2, -0.15) is 0 Å². The number of aliphatic hydroxyl groups excluding tert-OH is 2. The molecule has 0 aromatic rings. The van der Waals surface area contributed by atoms with Crippen molar-refractivity contribution < 1.29 is 29.3 Å². The molecule has 0 amide bonds. The summed E-state index contributed by atoms with van der Waals surface area (Å²) in [5.41, 5.74) is 1.15. The highest BCUT2D eigenvalue weighted by Crippen LogP contribution is 2.39. The molecule has 6 nitrogen and oxygen atoms in total. The van der Waals surface area contributed by atoms with Crippen molar-refractivity contribution in [2.75, 3.05) is 0 Å². The number of hydrogen-bond acceptors (Lipinski definition) is 6. The van der Waals surface area contributed by atoms with Crippen LogP contribution in [0.1, 0.15) is 41.0 Å². The van der Waals surface area contributed by atoms with E-state index in [0.717, 1.165) is 12.5 Å². The Morgan fingerprint density at radius 2 is 1.76 bits per heavy atom. The van der Waals surface area contributed by atoms with Crippen LogP contribution in [0, 0.1) is 5.41 Å². The van der Waals surface area contributed by atoms with Gasteiger partial charge in [0.25, 0.3) is 0 Å². The van der Waals surface area contributed by atoms with E-state index in [2.05, 4.69) is 0 Å². The van der Waals surface area contributed by atoms with Gasteiger partial charge >= 0.3 is 5.97 Å². The molecule has 0 aliphatic heterocycles. The van der Waals surface area contributed by atoms with E-state index in [0.29, 0.717) is 12.0 Å². The Balaban J connectivity index is 2.88. The second kappa shape index (κ2) is 6.07. The minimum absolute atomic E-state index is 0.295. The number of Topliss-reactive ketones (excluding diaryl/α,β-unsaturated/α-hetero) is 2. The molecule has 6 heteroatoms. The molecule has 2 N–H and O–H groups in total. The van der Waals surface area contributed by atoms with Gasteiger partial charge in [0.05, 0.1) is 0 Å². The molecule has 0 fully saturated rings. The largest absolute Gasteiger partial charge is 0.452 e. The number of hydrogen-bond donors (Lipinski definition) is 2. The second-order valence-corrected chi connectivity index (χ2v) is 6.13. The summed E-state index contributed by atoms with van der Waals surface area (Å²) in [5, 5.41) is 18.9. The minimum Gasteiger partial charge on any atom is -0.452 e. The molecule has 1 aliphatic rings. The third kappa shape index (κ3) is 3.57. The molecular weight excluding hydrogens is 276 g/mol. The summed E-state index contributed by atoms with van der Waals surface area (Å²) < 4.78 is 5.01. The van der Waals surface area contributed by atoms with Gasteiger partial charge in [0.15, 0.2) is 23.8 Å². The molecule has 0 bridgehead atoms. The van der Waals surface area contributed by atoms with Crippen LogP contribution in [0.5, 0.6) is 0 Å². The molecule has 0 heterocycles. The number of ether oxygens (including phenoxy) is 1. The molecule has 0 aromatic heterocycles. The zero-order chi connectivity index (χ0) is 16.5. The first-order chi connectivity index (χ1) is 9.49. The summed E-state index contributed by atoms with van der Waals surface area (Å²) >= 11 is 0. The number of allylic oxidation sites excluding steroid dienone is 1. The zero-order valence-electron chi connectivity index (χ0n) is 13.0. The van der Waals surface area contributed by atoms with E-state index >= 15 is 0 Å². The lowest BCUT2D eigenvalue weighted by molar-refractivity contribution is -0.171. The summed E-state index contributed by atoms with van der Waals surface area (Å²) in [5.74, 6) is -2.23. The molecule has 0 saturated carbocycles. The average molecular weight is 298 g/mol. The molecule has 1 aliphatic carbocycles. The van der Waals surface area contributed by atoms with E-state index in [1.807, 2.05) is 20.8 Å². The van der Waals surface area contributed by atoms with E-state index < -0.39 is 30.1 Å². The molecule has 21 heavy (non-hydrogen) atoms. The van der Waals surface area contributed by atoms with Crippen LogP contribution in [0.2, 0.25) is 0 Å². The molecule has 0 aromatic carbocycles. The lowest BCUT2D eigenvalue weighted by atomic mass is 9.72. The Morgan fingerprint density at radius 1 is 1.24 bits per heavy atom. The van der Waals surface area contributed by atoms with Gasteiger partial charge in [0, 0.05) is 6.42 Å². The Morgan fingerprint density at radius 3 is 2.24 bits per heavy atom. The highest BCUT2D eigenvalue weighted by Gasteiger charge is 2.40. The first kappa shape index (κ1) is 17.5. The van der Waals surface area contributed by atoms with Crippen LogP contribution in [-0.4, -0.2) is 46.1 Å². The molecule has 3 atom stereocenters. The lowest BCUT2D eigenvalue weighted by Crippen LogP contribution is -2.45. The van der Waals surface area contributed by atoms with E-state index in [9.17, 15) is 24.6 Å². The fourth-order valence-electron chi connectivity index (χ4n) is 2.30. The zero-order valence-corrected chi connectivity index (χ0v) is 13.0. The van der Waals surface area contributed by atoms with Crippen LogP contribution in [-0.2, 0) is 19.1 Å². The van der Waals surface area contributed by atoms with Crippen LogP contribution in [0.4, 0.5) is 0 Å². The fraction of sp³-hybridized carbons (Fsp3) is 0.667. The van der Waals surface area contributed by atoms with Crippen LogP contribution in [0.15, 0.2) is 11.1 Å². The Hall–Kier alpha value is -1.53. The molecule has 1 rings (SSSR count). The number of aliphatic hydroxyl groups is 2. The minimum atomic E-state index is -1.98. The van der Waals surface area contributed by atoms with Crippen molar-refractivity contribution in [3.8, 4) is 0 Å². The van der Waals surface area contributed by atoms with Gasteiger partial charge in [-0.1, -0.05) is 19.4 Å². The van der Waals surface area contributed by atoms with Crippen molar-refractivity contribution in [2.45, 2.75) is 59.4 Å². The van der Waals surface area contributed by atoms with Crippen molar-refractivity contribution in [1.29, 1.82) is 0 Å². The van der Waals surface area contributed by atoms with Gasteiger partial charge in [-0.3, -0.25) is 9.59 Å². The molecule has 0 radical (unpaired) electrons. The van der Waals surface area contributed by atoms with Crippen molar-refractivity contribution >= 4 is 17.5 Å². The van der Waals surface area contributed by atoms with Gasteiger partial charge < -0.3 is 14.9 Å². The quantitative estimate of drug-likeness (QED) is 0.735. The summed E-state index contributed by atoms with van der Waals surface area (Å²) in [6.07, 6.45) is -4.54. The lowest BCUT2D eigenvalue weighted by Gasteiger charge is -2.36. The number of ketones is 2. The summed E-state index contributed by atoms with van der Waals surface area (Å²) in [6, 6.07) is 0. The number of carbonyl (C=O) groups is 3. The van der Waals surface area contributed by atoms with Crippen LogP contribution in [0.3, 0.4) is 0 Å². The highest BCUT2D eigenvalue weighted by atomic mass is 16.6. The SMILES string of the molecule is CC(=O)C(O)C(O)C(=O)OC1CC(C)(C)C(C)=C(C)C1=O. The normalized spacial score (nSPS) is 24.5. The van der Waals surface area contributed by atoms with Gasteiger partial charge in [0.1, 0.15) is 6.10 Å². The Labute approximate surface area is 123 Å². The third-order valence-electron chi connectivity index (χ3n) is 4.15. The van der Waals surface area contributed by atoms with Crippen LogP contribution >= 0.6 is 0 Å². The first-order valence-corrected chi connectivity index (χ1v) is 6.78. The predicted molar refractivity (Wildman–Crippen MR) is 74.4 cm³/mol. The standard InChI is InChI=1S/C15H22O6/c1-7-8(2)15(4,5)6-10(11(7)17)21-14(20)13(19)12(18)9(3)16/h10,12-13,18-19H,6H2,1-5H3. The van der Waals surface area contributed by atoms with E-state index in [1.165, 1.54) is 0 Å². The van der Waals surface area contributed by atoms with E-state index in [4.69, 9.17) is 4.74 Å². The molecule has 0 saturated heterocycles. The summed E-state index contributed by atoms with van der Waals surface area (Å²) in [6.45, 7) is 8.44. The van der Waals surface area contributed by atoms with E-state index in [1.54, 1.807) is 6.92 Å². The molecular formula is C15H22O6. The van der Waals surface area contributed by atoms with Crippen molar-refractivity contribution in [3.63, 3.8) is 0 Å². The molecule has 118 valence electrons. The van der Waals surface area contributed by atoms with Gasteiger partial charge in [0.2, 0.25) is 0 Å². The maximum absolute atomic E-state index is 12.1. The van der Waals surface area contributed by atoms with Crippen molar-refractivity contribution in [3.05, 3.63) is 11.1 Å². The van der Waals surface area contributed by atoms with Crippen LogP contribution in [0.25, 0.3) is 0 Å². The van der Waals surface area contributed by atoms with Crippen molar-refractivity contribution in [1.82, 2.24) is 0 Å². The Bertz CT molecular complexity index is 502. The average Bonchev–Trinajstić information content (AvgIpc) is 2.40. The van der Waals surface area contributed by atoms with Gasteiger partial charge in [-0.15, -0.1) is 0 Å². The summed E-state index contributed by atoms with van der Waals surface area (Å²) in [4.78, 5) is 34.8. The molecule has 0 spiro atoms. The van der Waals surface area contributed by atoms with Crippen LogP contribution < -0.4 is 0 Å². The maximum Gasteiger partial charge on any atom is 0.338 e. The Kier molecular flexibility index (Phi) is 5.07.